The normalized spacial score (nSPS) is 14.1. The van der Waals surface area contributed by atoms with Gasteiger partial charge in [-0.1, -0.05) is 60.1 Å². The summed E-state index contributed by atoms with van der Waals surface area (Å²) in [7, 11) is 0. The van der Waals surface area contributed by atoms with E-state index in [0.29, 0.717) is 20.5 Å². The number of nitrogens with zero attached hydrogens (tertiary/aromatic N) is 2. The molecule has 0 saturated carbocycles. The first-order valence-electron chi connectivity index (χ1n) is 10.6. The van der Waals surface area contributed by atoms with Gasteiger partial charge in [0.1, 0.15) is 10.6 Å². The Hall–Kier alpha value is -4.34. The van der Waals surface area contributed by atoms with E-state index in [-0.39, 0.29) is 34.5 Å². The van der Waals surface area contributed by atoms with Crippen LogP contribution in [0.25, 0.3) is 16.2 Å². The van der Waals surface area contributed by atoms with Gasteiger partial charge in [0, 0.05) is 27.8 Å². The highest BCUT2D eigenvalue weighted by atomic mass is 35.5. The van der Waals surface area contributed by atoms with Crippen LogP contribution in [-0.4, -0.2) is 22.8 Å². The first-order valence-corrected chi connectivity index (χ1v) is 11.8. The lowest BCUT2D eigenvalue weighted by Gasteiger charge is -2.07. The number of carbonyl (C=O) groups excluding carboxylic acids is 2. The summed E-state index contributed by atoms with van der Waals surface area (Å²) in [5.74, 6) is -0.875. The van der Waals surface area contributed by atoms with Crippen LogP contribution in [0.5, 0.6) is 5.75 Å². The molecule has 0 aliphatic carbocycles. The van der Waals surface area contributed by atoms with Gasteiger partial charge < -0.3 is 9.47 Å². The summed E-state index contributed by atoms with van der Waals surface area (Å²) >= 11 is 7.60. The van der Waals surface area contributed by atoms with Gasteiger partial charge >= 0.3 is 11.9 Å². The van der Waals surface area contributed by atoms with Crippen LogP contribution in [0.1, 0.15) is 16.0 Å². The van der Waals surface area contributed by atoms with Crippen molar-refractivity contribution in [3.8, 4) is 5.75 Å². The molecule has 4 aromatic rings. The quantitative estimate of drug-likeness (QED) is 0.102. The van der Waals surface area contributed by atoms with Crippen molar-refractivity contribution in [1.82, 2.24) is 0 Å². The van der Waals surface area contributed by atoms with Crippen molar-refractivity contribution in [2.24, 2.45) is 4.99 Å². The van der Waals surface area contributed by atoms with E-state index in [2.05, 4.69) is 4.99 Å². The Morgan fingerprint density at radius 2 is 1.86 bits per heavy atom. The highest BCUT2D eigenvalue weighted by molar-refractivity contribution is 7.21. The lowest BCUT2D eigenvalue weighted by Crippen LogP contribution is -2.12. The molecule has 0 spiro atoms. The second-order valence-electron chi connectivity index (χ2n) is 7.69. The monoisotopic (exact) mass is 518 g/mol. The molecule has 1 aliphatic rings. The first-order chi connectivity index (χ1) is 17.4. The summed E-state index contributed by atoms with van der Waals surface area (Å²) in [6.07, 6.45) is 1.56. The number of nitro groups is 1. The molecule has 178 valence electrons. The third kappa shape index (κ3) is 4.74. The molecule has 5 rings (SSSR count). The maximum atomic E-state index is 12.6. The molecule has 8 nitrogen and oxygen atoms in total. The van der Waals surface area contributed by atoms with Crippen LogP contribution in [0, 0.1) is 10.1 Å². The predicted octanol–water partition coefficient (Wildman–Crippen LogP) is 5.96. The largest absolute Gasteiger partial charge is 0.426 e. The van der Waals surface area contributed by atoms with E-state index < -0.39 is 16.9 Å². The number of para-hydroxylation sites is 1. The summed E-state index contributed by atoms with van der Waals surface area (Å²) in [5, 5.41) is 12.0. The molecule has 36 heavy (non-hydrogen) atoms. The van der Waals surface area contributed by atoms with Gasteiger partial charge in [-0.3, -0.25) is 14.9 Å². The van der Waals surface area contributed by atoms with Crippen LogP contribution >= 0.6 is 22.9 Å². The third-order valence-electron chi connectivity index (χ3n) is 5.26. The van der Waals surface area contributed by atoms with Gasteiger partial charge in [0.25, 0.3) is 5.69 Å². The molecule has 1 aromatic heterocycles. The van der Waals surface area contributed by atoms with Crippen LogP contribution in [-0.2, 0) is 20.7 Å². The number of aliphatic imine (C=N–C) groups is 1. The topological polar surface area (TPSA) is 108 Å². The van der Waals surface area contributed by atoms with Crippen molar-refractivity contribution in [3.05, 3.63) is 110 Å². The number of hydrogen-bond donors (Lipinski definition) is 0. The molecule has 0 amide bonds. The number of esters is 2. The van der Waals surface area contributed by atoms with Gasteiger partial charge in [-0.05, 0) is 23.8 Å². The third-order valence-corrected chi connectivity index (χ3v) is 6.91. The van der Waals surface area contributed by atoms with Crippen molar-refractivity contribution in [2.75, 3.05) is 0 Å². The minimum atomic E-state index is -0.699. The highest BCUT2D eigenvalue weighted by Crippen LogP contribution is 2.39. The average molecular weight is 519 g/mol. The average Bonchev–Trinajstić information content (AvgIpc) is 3.39. The summed E-state index contributed by atoms with van der Waals surface area (Å²) < 4.78 is 11.5. The van der Waals surface area contributed by atoms with Crippen LogP contribution < -0.4 is 4.74 Å². The van der Waals surface area contributed by atoms with Gasteiger partial charge in [-0.15, -0.1) is 11.3 Å². The van der Waals surface area contributed by atoms with Crippen molar-refractivity contribution in [2.45, 2.75) is 6.42 Å². The van der Waals surface area contributed by atoms with Crippen LogP contribution in [0.15, 0.2) is 83.5 Å². The van der Waals surface area contributed by atoms with Crippen LogP contribution in [0.2, 0.25) is 5.02 Å². The number of thiophene rings is 1. The zero-order chi connectivity index (χ0) is 25.2. The molecule has 0 saturated heterocycles. The Labute approximate surface area is 213 Å². The Morgan fingerprint density at radius 3 is 2.64 bits per heavy atom. The minimum Gasteiger partial charge on any atom is -0.426 e. The van der Waals surface area contributed by atoms with Crippen LogP contribution in [0.4, 0.5) is 5.69 Å². The number of benzene rings is 3. The molecule has 0 radical (unpaired) electrons. The summed E-state index contributed by atoms with van der Waals surface area (Å²) in [6, 6.07) is 20.3. The van der Waals surface area contributed by atoms with E-state index in [4.69, 9.17) is 21.1 Å². The molecule has 3 aromatic carbocycles. The fraction of sp³-hybridized carbons (Fsp3) is 0.0385. The molecular formula is C26H15ClN2O6S. The van der Waals surface area contributed by atoms with Gasteiger partial charge in [0.15, 0.2) is 5.70 Å². The summed E-state index contributed by atoms with van der Waals surface area (Å²) in [5.41, 5.74) is 1.21. The molecule has 10 heteroatoms. The highest BCUT2D eigenvalue weighted by Gasteiger charge is 2.28. The van der Waals surface area contributed by atoms with Crippen molar-refractivity contribution < 1.29 is 24.0 Å². The fourth-order valence-electron chi connectivity index (χ4n) is 3.57. The number of fused-ring (bicyclic) bond motifs is 1. The zero-order valence-electron chi connectivity index (χ0n) is 18.3. The van der Waals surface area contributed by atoms with Gasteiger partial charge in [-0.2, -0.15) is 0 Å². The summed E-state index contributed by atoms with van der Waals surface area (Å²) in [4.78, 5) is 40.3. The van der Waals surface area contributed by atoms with Gasteiger partial charge in [0.05, 0.1) is 16.4 Å². The molecule has 0 bridgehead atoms. The Bertz CT molecular complexity index is 1590. The number of non-ortho nitro benzene ring substituents is 1. The number of ether oxygens (including phenoxy) is 2. The number of carbonyl (C=O) groups is 2. The second kappa shape index (κ2) is 9.73. The molecule has 1 aliphatic heterocycles. The van der Waals surface area contributed by atoms with Crippen molar-refractivity contribution in [3.63, 3.8) is 0 Å². The van der Waals surface area contributed by atoms with E-state index in [1.165, 1.54) is 18.2 Å². The van der Waals surface area contributed by atoms with E-state index in [1.54, 1.807) is 30.3 Å². The standard InChI is InChI=1S/C26H15ClN2O6S/c27-23-18-11-10-17(29(32)33)14-21(18)36-24(23)25-28-19(26(31)35-25)13-16-8-4-5-9-20(16)34-22(30)12-15-6-2-1-3-7-15/h1-11,13-14H,12H2/b19-13+. The van der Waals surface area contributed by atoms with Gasteiger partial charge in [0.2, 0.25) is 5.90 Å². The Morgan fingerprint density at radius 1 is 1.11 bits per heavy atom. The second-order valence-corrected chi connectivity index (χ2v) is 9.12. The lowest BCUT2D eigenvalue weighted by atomic mass is 10.1. The lowest BCUT2D eigenvalue weighted by molar-refractivity contribution is -0.384. The molecule has 0 atom stereocenters. The van der Waals surface area contributed by atoms with Gasteiger partial charge in [-0.25, -0.2) is 9.79 Å². The van der Waals surface area contributed by atoms with E-state index in [0.717, 1.165) is 16.9 Å². The number of cyclic esters (lactones) is 1. The van der Waals surface area contributed by atoms with E-state index in [9.17, 15) is 19.7 Å². The predicted molar refractivity (Wildman–Crippen MR) is 136 cm³/mol. The Kier molecular flexibility index (Phi) is 6.32. The van der Waals surface area contributed by atoms with E-state index >= 15 is 0 Å². The van der Waals surface area contributed by atoms with E-state index in [1.807, 2.05) is 30.3 Å². The number of rotatable bonds is 6. The molecule has 0 N–H and O–H groups in total. The van der Waals surface area contributed by atoms with Crippen LogP contribution in [0.3, 0.4) is 0 Å². The Balaban J connectivity index is 1.43. The van der Waals surface area contributed by atoms with Crippen molar-refractivity contribution in [1.29, 1.82) is 0 Å². The molecule has 2 heterocycles. The number of hydrogen-bond acceptors (Lipinski definition) is 8. The molecule has 0 unspecified atom stereocenters. The summed E-state index contributed by atoms with van der Waals surface area (Å²) in [6.45, 7) is 0. The number of halogens is 1. The fourth-order valence-corrected chi connectivity index (χ4v) is 5.04. The molecular weight excluding hydrogens is 504 g/mol. The maximum absolute atomic E-state index is 12.6. The maximum Gasteiger partial charge on any atom is 0.363 e. The first kappa shape index (κ1) is 23.4. The van der Waals surface area contributed by atoms with Crippen molar-refractivity contribution >= 4 is 62.6 Å². The SMILES string of the molecule is O=C(Cc1ccccc1)Oc1ccccc1/C=C1/N=C(c2sc3cc([N+](=O)[O-])ccc3c2Cl)OC1=O. The zero-order valence-corrected chi connectivity index (χ0v) is 19.9. The molecule has 0 fully saturated rings. The minimum absolute atomic E-state index is 0.00124. The number of nitro benzene ring substituents is 1. The smallest absolute Gasteiger partial charge is 0.363 e.